The summed E-state index contributed by atoms with van der Waals surface area (Å²) in [4.78, 5) is 11.7. The minimum Gasteiger partial charge on any atom is -0.385 e. The molecule has 0 spiro atoms. The molecule has 0 radical (unpaired) electrons. The number of ether oxygens (including phenoxy) is 1. The molecule has 1 atom stereocenters. The van der Waals surface area contributed by atoms with E-state index in [1.54, 1.807) is 13.2 Å². The fraction of sp³-hybridized carbons (Fsp3) is 0.385. The summed E-state index contributed by atoms with van der Waals surface area (Å²) in [6.45, 7) is 0.538. The molecule has 0 saturated carbocycles. The van der Waals surface area contributed by atoms with E-state index in [1.807, 2.05) is 0 Å². The number of nitrogens with zero attached hydrogens (tertiary/aromatic N) is 1. The van der Waals surface area contributed by atoms with Gasteiger partial charge in [-0.1, -0.05) is 0 Å². The van der Waals surface area contributed by atoms with Crippen LogP contribution in [0.5, 0.6) is 0 Å². The molecule has 1 rings (SSSR count). The van der Waals surface area contributed by atoms with E-state index in [-0.39, 0.29) is 11.5 Å². The second-order valence-corrected chi connectivity index (χ2v) is 4.04. The zero-order chi connectivity index (χ0) is 14.3. The molecule has 0 aliphatic carbocycles. The molecular weight excluding hydrogens is 249 g/mol. The van der Waals surface area contributed by atoms with Crippen molar-refractivity contribution in [2.45, 2.75) is 18.9 Å². The second-order valence-electron chi connectivity index (χ2n) is 4.04. The van der Waals surface area contributed by atoms with Crippen LogP contribution in [0.1, 0.15) is 18.4 Å². The molecule has 1 amide bonds. The molecule has 0 bridgehead atoms. The van der Waals surface area contributed by atoms with Crippen LogP contribution in [-0.4, -0.2) is 25.7 Å². The molecule has 0 aromatic heterocycles. The minimum absolute atomic E-state index is 0.120. The summed E-state index contributed by atoms with van der Waals surface area (Å²) in [6.07, 6.45) is 1.17. The number of nitrogens with one attached hydrogen (secondary N) is 1. The lowest BCUT2D eigenvalue weighted by atomic mass is 10.1. The highest BCUT2D eigenvalue weighted by atomic mass is 19.1. The van der Waals surface area contributed by atoms with Crippen LogP contribution in [0.15, 0.2) is 18.2 Å². The standard InChI is InChI=1S/C13H16FN3O2/c1-19-6-2-3-12(16)13(18)17-10-4-5-11(14)9(7-10)8-15/h4-5,7,12H,2-3,6,16H2,1H3,(H,17,18). The Labute approximate surface area is 111 Å². The van der Waals surface area contributed by atoms with Crippen LogP contribution in [0.25, 0.3) is 0 Å². The van der Waals surface area contributed by atoms with Gasteiger partial charge in [-0.25, -0.2) is 4.39 Å². The number of carbonyl (C=O) groups excluding carboxylic acids is 1. The van der Waals surface area contributed by atoms with E-state index in [0.29, 0.717) is 25.1 Å². The fourth-order valence-corrected chi connectivity index (χ4v) is 1.50. The zero-order valence-electron chi connectivity index (χ0n) is 10.6. The van der Waals surface area contributed by atoms with Crippen molar-refractivity contribution in [1.82, 2.24) is 0 Å². The Morgan fingerprint density at radius 1 is 1.63 bits per heavy atom. The second kappa shape index (κ2) is 7.46. The lowest BCUT2D eigenvalue weighted by Gasteiger charge is -2.12. The third kappa shape index (κ3) is 4.66. The number of anilines is 1. The molecule has 3 N–H and O–H groups in total. The van der Waals surface area contributed by atoms with Crippen molar-refractivity contribution in [1.29, 1.82) is 5.26 Å². The SMILES string of the molecule is COCCCC(N)C(=O)Nc1ccc(F)c(C#N)c1. The summed E-state index contributed by atoms with van der Waals surface area (Å²) in [5.74, 6) is -0.989. The van der Waals surface area contributed by atoms with Gasteiger partial charge in [0.15, 0.2) is 0 Å². The van der Waals surface area contributed by atoms with Gasteiger partial charge < -0.3 is 15.8 Å². The van der Waals surface area contributed by atoms with Gasteiger partial charge in [0.25, 0.3) is 0 Å². The highest BCUT2D eigenvalue weighted by Crippen LogP contribution is 2.14. The van der Waals surface area contributed by atoms with E-state index in [2.05, 4.69) is 5.32 Å². The summed E-state index contributed by atoms with van der Waals surface area (Å²) >= 11 is 0. The van der Waals surface area contributed by atoms with Gasteiger partial charge in [0.2, 0.25) is 5.91 Å². The van der Waals surface area contributed by atoms with Crippen LogP contribution in [-0.2, 0) is 9.53 Å². The average molecular weight is 265 g/mol. The first-order chi connectivity index (χ1) is 9.08. The van der Waals surface area contributed by atoms with Crippen LogP contribution in [0, 0.1) is 17.1 Å². The molecule has 6 heteroatoms. The molecule has 1 aromatic rings. The van der Waals surface area contributed by atoms with E-state index in [1.165, 1.54) is 12.1 Å². The highest BCUT2D eigenvalue weighted by Gasteiger charge is 2.13. The van der Waals surface area contributed by atoms with Gasteiger partial charge in [-0.2, -0.15) is 5.26 Å². The van der Waals surface area contributed by atoms with Crippen LogP contribution in [0.3, 0.4) is 0 Å². The summed E-state index contributed by atoms with van der Waals surface area (Å²) in [5.41, 5.74) is 5.93. The number of methoxy groups -OCH3 is 1. The number of halogens is 1. The van der Waals surface area contributed by atoms with Crippen molar-refractivity contribution >= 4 is 11.6 Å². The molecule has 19 heavy (non-hydrogen) atoms. The van der Waals surface area contributed by atoms with Gasteiger partial charge in [-0.3, -0.25) is 4.79 Å². The number of benzene rings is 1. The Morgan fingerprint density at radius 2 is 2.37 bits per heavy atom. The van der Waals surface area contributed by atoms with Crippen molar-refractivity contribution in [2.75, 3.05) is 19.0 Å². The van der Waals surface area contributed by atoms with Crippen molar-refractivity contribution in [3.8, 4) is 6.07 Å². The van der Waals surface area contributed by atoms with Gasteiger partial charge in [-0.05, 0) is 31.0 Å². The third-order valence-corrected chi connectivity index (χ3v) is 2.55. The molecule has 0 fully saturated rings. The number of nitriles is 1. The predicted molar refractivity (Wildman–Crippen MR) is 68.8 cm³/mol. The Morgan fingerprint density at radius 3 is 3.00 bits per heavy atom. The zero-order valence-corrected chi connectivity index (χ0v) is 10.6. The van der Waals surface area contributed by atoms with Gasteiger partial charge in [0.1, 0.15) is 11.9 Å². The van der Waals surface area contributed by atoms with Gasteiger partial charge >= 0.3 is 0 Å². The van der Waals surface area contributed by atoms with Gasteiger partial charge in [-0.15, -0.1) is 0 Å². The molecule has 0 heterocycles. The molecule has 0 aliphatic heterocycles. The number of hydrogen-bond donors (Lipinski definition) is 2. The van der Waals surface area contributed by atoms with Crippen molar-refractivity contribution in [3.63, 3.8) is 0 Å². The number of carbonyl (C=O) groups is 1. The van der Waals surface area contributed by atoms with E-state index < -0.39 is 11.9 Å². The minimum atomic E-state index is -0.661. The maximum atomic E-state index is 13.1. The van der Waals surface area contributed by atoms with Gasteiger partial charge in [0, 0.05) is 19.4 Å². The van der Waals surface area contributed by atoms with Crippen molar-refractivity contribution in [3.05, 3.63) is 29.6 Å². The first-order valence-corrected chi connectivity index (χ1v) is 5.83. The fourth-order valence-electron chi connectivity index (χ4n) is 1.50. The molecule has 0 saturated heterocycles. The van der Waals surface area contributed by atoms with E-state index in [4.69, 9.17) is 15.7 Å². The van der Waals surface area contributed by atoms with Crippen LogP contribution in [0.4, 0.5) is 10.1 Å². The first-order valence-electron chi connectivity index (χ1n) is 5.83. The smallest absolute Gasteiger partial charge is 0.241 e. The van der Waals surface area contributed by atoms with E-state index in [9.17, 15) is 9.18 Å². The lowest BCUT2D eigenvalue weighted by molar-refractivity contribution is -0.117. The highest BCUT2D eigenvalue weighted by molar-refractivity contribution is 5.94. The summed E-state index contributed by atoms with van der Waals surface area (Å²) < 4.78 is 18.0. The molecular formula is C13H16FN3O2. The van der Waals surface area contributed by atoms with Crippen LogP contribution < -0.4 is 11.1 Å². The Balaban J connectivity index is 2.59. The van der Waals surface area contributed by atoms with Crippen LogP contribution in [0.2, 0.25) is 0 Å². The normalized spacial score (nSPS) is 11.7. The predicted octanol–water partition coefficient (Wildman–Crippen LogP) is 1.39. The third-order valence-electron chi connectivity index (χ3n) is 2.55. The molecule has 0 aliphatic rings. The molecule has 1 aromatic carbocycles. The Hall–Kier alpha value is -1.97. The summed E-state index contributed by atoms with van der Waals surface area (Å²) in [7, 11) is 1.58. The average Bonchev–Trinajstić information content (AvgIpc) is 2.41. The summed E-state index contributed by atoms with van der Waals surface area (Å²) in [5, 5.41) is 11.2. The topological polar surface area (TPSA) is 88.1 Å². The number of nitrogens with two attached hydrogens (primary N) is 1. The number of hydrogen-bond acceptors (Lipinski definition) is 4. The molecule has 1 unspecified atom stereocenters. The van der Waals surface area contributed by atoms with Gasteiger partial charge in [0.05, 0.1) is 11.6 Å². The van der Waals surface area contributed by atoms with E-state index in [0.717, 1.165) is 6.07 Å². The quantitative estimate of drug-likeness (QED) is 0.761. The summed E-state index contributed by atoms with van der Waals surface area (Å²) in [6, 6.07) is 4.83. The first kappa shape index (κ1) is 15.1. The molecule has 5 nitrogen and oxygen atoms in total. The number of rotatable bonds is 6. The maximum absolute atomic E-state index is 13.1. The van der Waals surface area contributed by atoms with Crippen molar-refractivity contribution in [2.24, 2.45) is 5.73 Å². The van der Waals surface area contributed by atoms with Crippen molar-refractivity contribution < 1.29 is 13.9 Å². The lowest BCUT2D eigenvalue weighted by Crippen LogP contribution is -2.35. The molecule has 102 valence electrons. The maximum Gasteiger partial charge on any atom is 0.241 e. The monoisotopic (exact) mass is 265 g/mol. The van der Waals surface area contributed by atoms with Crippen LogP contribution >= 0.6 is 0 Å². The largest absolute Gasteiger partial charge is 0.385 e. The Bertz CT molecular complexity index is 485. The Kier molecular flexibility index (Phi) is 5.93. The van der Waals surface area contributed by atoms with E-state index >= 15 is 0 Å². The number of amides is 1.